The maximum absolute atomic E-state index is 10.9. The quantitative estimate of drug-likeness (QED) is 0.449. The Morgan fingerprint density at radius 3 is 2.73 bits per heavy atom. The van der Waals surface area contributed by atoms with Crippen LogP contribution in [0.3, 0.4) is 0 Å². The van der Waals surface area contributed by atoms with Crippen LogP contribution in [-0.2, 0) is 0 Å². The van der Waals surface area contributed by atoms with Crippen LogP contribution < -0.4 is 4.74 Å². The highest BCUT2D eigenvalue weighted by Gasteiger charge is 2.15. The molecule has 0 aliphatic heterocycles. The van der Waals surface area contributed by atoms with E-state index >= 15 is 0 Å². The molecule has 0 radical (unpaired) electrons. The van der Waals surface area contributed by atoms with Crippen molar-refractivity contribution in [2.45, 2.75) is 0 Å². The molecule has 22 heavy (non-hydrogen) atoms. The predicted octanol–water partition coefficient (Wildman–Crippen LogP) is 3.98. The Balaban J connectivity index is 2.45. The second-order valence-electron chi connectivity index (χ2n) is 4.06. The van der Waals surface area contributed by atoms with E-state index in [1.54, 1.807) is 12.3 Å². The molecular weight excluding hydrogens is 422 g/mol. The number of aromatic nitrogens is 1. The van der Waals surface area contributed by atoms with Crippen LogP contribution in [0.5, 0.6) is 11.5 Å². The number of nitro benzene ring substituents is 1. The summed E-state index contributed by atoms with van der Waals surface area (Å²) in [5, 5.41) is 20.9. The third-order valence-electron chi connectivity index (χ3n) is 2.63. The van der Waals surface area contributed by atoms with E-state index in [1.807, 2.05) is 0 Å². The largest absolute Gasteiger partial charge is 0.504 e. The Morgan fingerprint density at radius 1 is 1.41 bits per heavy atom. The van der Waals surface area contributed by atoms with Gasteiger partial charge in [0.2, 0.25) is 0 Å². The summed E-state index contributed by atoms with van der Waals surface area (Å²) < 4.78 is 6.33. The number of pyridine rings is 1. The van der Waals surface area contributed by atoms with Gasteiger partial charge in [-0.15, -0.1) is 0 Å². The van der Waals surface area contributed by atoms with E-state index in [2.05, 4.69) is 41.8 Å². The molecule has 1 aromatic carbocycles. The molecule has 0 aliphatic carbocycles. The van der Waals surface area contributed by atoms with Gasteiger partial charge in [-0.2, -0.15) is 0 Å². The predicted molar refractivity (Wildman–Crippen MR) is 88.2 cm³/mol. The Morgan fingerprint density at radius 2 is 2.14 bits per heavy atom. The van der Waals surface area contributed by atoms with E-state index in [0.717, 1.165) is 10.5 Å². The highest BCUT2D eigenvalue weighted by molar-refractivity contribution is 9.11. The molecule has 0 spiro atoms. The minimum Gasteiger partial charge on any atom is -0.504 e. The molecule has 0 atom stereocenters. The van der Waals surface area contributed by atoms with Gasteiger partial charge < -0.3 is 9.84 Å². The van der Waals surface area contributed by atoms with E-state index in [4.69, 9.17) is 4.74 Å². The number of hydrogen-bond acceptors (Lipinski definition) is 6. The van der Waals surface area contributed by atoms with Crippen molar-refractivity contribution in [2.24, 2.45) is 4.99 Å². The monoisotopic (exact) mass is 429 g/mol. The fourth-order valence-electron chi connectivity index (χ4n) is 1.61. The van der Waals surface area contributed by atoms with Crippen LogP contribution in [0.2, 0.25) is 0 Å². The zero-order valence-corrected chi connectivity index (χ0v) is 14.3. The molecule has 0 saturated heterocycles. The molecular formula is C13H9Br2N3O4. The number of ether oxygens (including phenoxy) is 1. The van der Waals surface area contributed by atoms with Crippen molar-refractivity contribution in [2.75, 3.05) is 7.11 Å². The minimum absolute atomic E-state index is 0.00141. The van der Waals surface area contributed by atoms with Gasteiger partial charge in [-0.05, 0) is 37.9 Å². The number of nitrogens with zero attached hydrogens (tertiary/aromatic N) is 3. The van der Waals surface area contributed by atoms with Crippen molar-refractivity contribution in [3.63, 3.8) is 0 Å². The smallest absolute Gasteiger partial charge is 0.274 e. The van der Waals surface area contributed by atoms with Crippen LogP contribution in [0, 0.1) is 10.1 Å². The molecule has 2 aromatic rings. The lowest BCUT2D eigenvalue weighted by atomic mass is 10.1. The first-order chi connectivity index (χ1) is 10.4. The Bertz CT molecular complexity index is 765. The van der Waals surface area contributed by atoms with Gasteiger partial charge in [-0.3, -0.25) is 10.1 Å². The van der Waals surface area contributed by atoms with Gasteiger partial charge in [-0.25, -0.2) is 9.98 Å². The van der Waals surface area contributed by atoms with Crippen molar-refractivity contribution in [1.82, 2.24) is 4.98 Å². The van der Waals surface area contributed by atoms with Crippen LogP contribution in [0.4, 0.5) is 11.5 Å². The van der Waals surface area contributed by atoms with E-state index < -0.39 is 4.92 Å². The summed E-state index contributed by atoms with van der Waals surface area (Å²) in [6.07, 6.45) is 2.84. The van der Waals surface area contributed by atoms with Crippen LogP contribution in [0.25, 0.3) is 0 Å². The number of halogens is 2. The van der Waals surface area contributed by atoms with Gasteiger partial charge in [0.15, 0.2) is 17.3 Å². The summed E-state index contributed by atoms with van der Waals surface area (Å²) in [5.41, 5.74) is -0.0541. The number of hydrogen-bond donors (Lipinski definition) is 1. The first-order valence-electron chi connectivity index (χ1n) is 5.83. The average molecular weight is 431 g/mol. The van der Waals surface area contributed by atoms with Crippen molar-refractivity contribution in [3.05, 3.63) is 49.0 Å². The van der Waals surface area contributed by atoms with Gasteiger partial charge >= 0.3 is 0 Å². The number of phenolic OH excluding ortho intramolecular Hbond substituents is 1. The molecule has 0 unspecified atom stereocenters. The lowest BCUT2D eigenvalue weighted by Gasteiger charge is -2.06. The second-order valence-corrected chi connectivity index (χ2v) is 5.83. The maximum Gasteiger partial charge on any atom is 0.274 e. The molecule has 1 heterocycles. The van der Waals surface area contributed by atoms with E-state index in [-0.39, 0.29) is 22.7 Å². The summed E-state index contributed by atoms with van der Waals surface area (Å²) in [6.45, 7) is 0. The van der Waals surface area contributed by atoms with Crippen LogP contribution in [-0.4, -0.2) is 28.3 Å². The fourth-order valence-corrected chi connectivity index (χ4v) is 2.70. The summed E-state index contributed by atoms with van der Waals surface area (Å²) in [5.74, 6) is 0.136. The van der Waals surface area contributed by atoms with Gasteiger partial charge in [0.05, 0.1) is 22.6 Å². The van der Waals surface area contributed by atoms with Gasteiger partial charge in [0.1, 0.15) is 0 Å². The highest BCUT2D eigenvalue weighted by atomic mass is 79.9. The van der Waals surface area contributed by atoms with Gasteiger partial charge in [0, 0.05) is 28.5 Å². The molecule has 2 rings (SSSR count). The summed E-state index contributed by atoms with van der Waals surface area (Å²) in [4.78, 5) is 18.5. The first-order valence-corrected chi connectivity index (χ1v) is 7.41. The van der Waals surface area contributed by atoms with Crippen molar-refractivity contribution in [3.8, 4) is 11.5 Å². The molecule has 0 saturated carbocycles. The van der Waals surface area contributed by atoms with Crippen LogP contribution in [0.15, 0.2) is 38.3 Å². The van der Waals surface area contributed by atoms with Gasteiger partial charge in [-0.1, -0.05) is 0 Å². The Labute approximate surface area is 142 Å². The summed E-state index contributed by atoms with van der Waals surface area (Å²) in [7, 11) is 1.31. The first kappa shape index (κ1) is 16.4. The topological polar surface area (TPSA) is 97.9 Å². The minimum atomic E-state index is -0.576. The number of non-ortho nitro benzene ring substituents is 1. The van der Waals surface area contributed by atoms with Crippen LogP contribution in [0.1, 0.15) is 5.56 Å². The average Bonchev–Trinajstić information content (AvgIpc) is 2.47. The molecule has 0 aliphatic rings. The molecule has 114 valence electrons. The zero-order chi connectivity index (χ0) is 16.3. The zero-order valence-electron chi connectivity index (χ0n) is 11.2. The van der Waals surface area contributed by atoms with E-state index in [9.17, 15) is 15.2 Å². The summed E-state index contributed by atoms with van der Waals surface area (Å²) >= 11 is 6.58. The molecule has 1 aromatic heterocycles. The number of nitro groups is 1. The Hall–Kier alpha value is -2.00. The SMILES string of the molecule is COc1cc([N+](=O)[O-])cc(/C=N/c2ncc(Br)cc2Br)c1O. The molecule has 0 fully saturated rings. The molecule has 7 nitrogen and oxygen atoms in total. The van der Waals surface area contributed by atoms with Crippen LogP contribution >= 0.6 is 31.9 Å². The number of aliphatic imine (C=N–C) groups is 1. The summed E-state index contributed by atoms with van der Waals surface area (Å²) in [6, 6.07) is 4.10. The maximum atomic E-state index is 10.9. The standard InChI is InChI=1S/C13H9Br2N3O4/c1-22-11-4-9(18(20)21)2-7(12(11)19)5-16-13-10(15)3-8(14)6-17-13/h2-6,19H,1H3/b16-5+. The normalized spacial score (nSPS) is 10.9. The second kappa shape index (κ2) is 6.84. The highest BCUT2D eigenvalue weighted by Crippen LogP contribution is 2.34. The number of aromatic hydroxyl groups is 1. The lowest BCUT2D eigenvalue weighted by Crippen LogP contribution is -1.94. The Kier molecular flexibility index (Phi) is 5.09. The molecule has 9 heteroatoms. The molecule has 0 amide bonds. The van der Waals surface area contributed by atoms with E-state index in [0.29, 0.717) is 10.3 Å². The van der Waals surface area contributed by atoms with E-state index in [1.165, 1.54) is 19.4 Å². The molecule has 1 N–H and O–H groups in total. The molecule has 0 bridgehead atoms. The third-order valence-corrected chi connectivity index (χ3v) is 3.65. The third kappa shape index (κ3) is 3.60. The number of rotatable bonds is 4. The number of phenols is 1. The number of benzene rings is 1. The lowest BCUT2D eigenvalue weighted by molar-refractivity contribution is -0.385. The van der Waals surface area contributed by atoms with Crippen molar-refractivity contribution < 1.29 is 14.8 Å². The number of methoxy groups -OCH3 is 1. The van der Waals surface area contributed by atoms with Gasteiger partial charge in [0.25, 0.3) is 5.69 Å². The fraction of sp³-hybridized carbons (Fsp3) is 0.0769. The van der Waals surface area contributed by atoms with Crippen molar-refractivity contribution in [1.29, 1.82) is 0 Å². The van der Waals surface area contributed by atoms with Crippen molar-refractivity contribution >= 4 is 49.6 Å².